The molecule has 0 N–H and O–H groups in total. The molecule has 0 aromatic heterocycles. The topological polar surface area (TPSA) is 65.8 Å². The van der Waals surface area contributed by atoms with Gasteiger partial charge in [0.25, 0.3) is 5.91 Å². The van der Waals surface area contributed by atoms with E-state index in [0.29, 0.717) is 24.4 Å². The van der Waals surface area contributed by atoms with Gasteiger partial charge in [-0.3, -0.25) is 4.79 Å². The molecule has 6 nitrogen and oxygen atoms in total. The number of hydrogen-bond donors (Lipinski definition) is 0. The summed E-state index contributed by atoms with van der Waals surface area (Å²) in [6.45, 7) is 4.59. The molecule has 1 saturated heterocycles. The zero-order valence-corrected chi connectivity index (χ0v) is 15.6. The van der Waals surface area contributed by atoms with Crippen LogP contribution in [-0.4, -0.2) is 50.2 Å². The molecule has 140 valence electrons. The predicted molar refractivity (Wildman–Crippen MR) is 103 cm³/mol. The lowest BCUT2D eigenvalue weighted by atomic mass is 10.2. The van der Waals surface area contributed by atoms with Crippen LogP contribution in [0.1, 0.15) is 12.5 Å². The number of benzene rings is 2. The predicted octanol–water partition coefficient (Wildman–Crippen LogP) is 2.68. The first kappa shape index (κ1) is 18.6. The molecule has 1 aliphatic rings. The summed E-state index contributed by atoms with van der Waals surface area (Å²) in [6.07, 6.45) is -0.568. The summed E-state index contributed by atoms with van der Waals surface area (Å²) < 4.78 is 11.0. The van der Waals surface area contributed by atoms with Gasteiger partial charge in [0.2, 0.25) is 0 Å². The molecule has 0 aliphatic carbocycles. The van der Waals surface area contributed by atoms with Gasteiger partial charge in [0.05, 0.1) is 18.7 Å². The van der Waals surface area contributed by atoms with Crippen LogP contribution in [0.15, 0.2) is 48.5 Å². The molecule has 2 aromatic carbocycles. The third-order valence-electron chi connectivity index (χ3n) is 4.65. The average Bonchev–Trinajstić information content (AvgIpc) is 2.74. The minimum atomic E-state index is -0.568. The average molecular weight is 365 g/mol. The quantitative estimate of drug-likeness (QED) is 0.815. The highest BCUT2D eigenvalue weighted by atomic mass is 16.5. The van der Waals surface area contributed by atoms with Gasteiger partial charge >= 0.3 is 0 Å². The summed E-state index contributed by atoms with van der Waals surface area (Å²) in [6, 6.07) is 16.8. The van der Waals surface area contributed by atoms with Crippen molar-refractivity contribution < 1.29 is 14.3 Å². The van der Waals surface area contributed by atoms with Gasteiger partial charge in [0, 0.05) is 37.9 Å². The third kappa shape index (κ3) is 4.50. The fraction of sp³-hybridized carbons (Fsp3) is 0.333. The molecule has 3 rings (SSSR count). The molecule has 0 saturated carbocycles. The Labute approximate surface area is 159 Å². The summed E-state index contributed by atoms with van der Waals surface area (Å²) >= 11 is 0. The Morgan fingerprint density at radius 1 is 1.07 bits per heavy atom. The van der Waals surface area contributed by atoms with Crippen LogP contribution >= 0.6 is 0 Å². The molecular formula is C21H23N3O3. The van der Waals surface area contributed by atoms with Crippen LogP contribution in [0.25, 0.3) is 0 Å². The number of anilines is 1. The Morgan fingerprint density at radius 2 is 1.78 bits per heavy atom. The summed E-state index contributed by atoms with van der Waals surface area (Å²) in [7, 11) is 1.66. The minimum Gasteiger partial charge on any atom is -0.497 e. The Morgan fingerprint density at radius 3 is 2.41 bits per heavy atom. The van der Waals surface area contributed by atoms with Gasteiger partial charge in [-0.1, -0.05) is 6.07 Å². The van der Waals surface area contributed by atoms with Gasteiger partial charge in [-0.2, -0.15) is 5.26 Å². The van der Waals surface area contributed by atoms with E-state index in [-0.39, 0.29) is 5.91 Å². The number of nitriles is 1. The molecule has 0 bridgehead atoms. The fourth-order valence-corrected chi connectivity index (χ4v) is 3.11. The number of piperazine rings is 1. The molecule has 1 heterocycles. The van der Waals surface area contributed by atoms with Crippen molar-refractivity contribution in [1.29, 1.82) is 5.26 Å². The van der Waals surface area contributed by atoms with E-state index in [1.54, 1.807) is 38.3 Å². The Balaban J connectivity index is 1.54. The van der Waals surface area contributed by atoms with E-state index >= 15 is 0 Å². The van der Waals surface area contributed by atoms with Gasteiger partial charge < -0.3 is 19.3 Å². The molecule has 0 radical (unpaired) electrons. The third-order valence-corrected chi connectivity index (χ3v) is 4.65. The van der Waals surface area contributed by atoms with Crippen molar-refractivity contribution >= 4 is 11.6 Å². The zero-order chi connectivity index (χ0) is 19.2. The standard InChI is InChI=1S/C21H23N3O3/c1-16(27-19-8-6-17(15-22)7-9-19)21(25)24-12-10-23(11-13-24)18-4-3-5-20(14-18)26-2/h3-9,14,16H,10-13H2,1-2H3/t16-/m0/s1. The second-order valence-corrected chi connectivity index (χ2v) is 6.41. The van der Waals surface area contributed by atoms with Gasteiger partial charge in [0.15, 0.2) is 6.10 Å². The highest BCUT2D eigenvalue weighted by Crippen LogP contribution is 2.22. The number of ether oxygens (including phenoxy) is 2. The normalized spacial score (nSPS) is 15.0. The molecule has 1 amide bonds. The monoisotopic (exact) mass is 365 g/mol. The van der Waals surface area contributed by atoms with E-state index in [1.165, 1.54) is 0 Å². The van der Waals surface area contributed by atoms with Crippen LogP contribution in [0, 0.1) is 11.3 Å². The number of carbonyl (C=O) groups is 1. The van der Waals surface area contributed by atoms with Gasteiger partial charge in [-0.25, -0.2) is 0 Å². The van der Waals surface area contributed by atoms with Crippen molar-refractivity contribution in [2.75, 3.05) is 38.2 Å². The van der Waals surface area contributed by atoms with Crippen molar-refractivity contribution in [3.05, 3.63) is 54.1 Å². The first-order valence-corrected chi connectivity index (χ1v) is 8.95. The van der Waals surface area contributed by atoms with Crippen LogP contribution < -0.4 is 14.4 Å². The van der Waals surface area contributed by atoms with Crippen LogP contribution in [-0.2, 0) is 4.79 Å². The molecule has 1 aliphatic heterocycles. The lowest BCUT2D eigenvalue weighted by Crippen LogP contribution is -2.52. The van der Waals surface area contributed by atoms with E-state index in [2.05, 4.69) is 17.0 Å². The van der Waals surface area contributed by atoms with Crippen molar-refractivity contribution in [3.8, 4) is 17.6 Å². The first-order chi connectivity index (χ1) is 13.1. The second kappa shape index (κ2) is 8.45. The smallest absolute Gasteiger partial charge is 0.263 e. The molecule has 1 atom stereocenters. The van der Waals surface area contributed by atoms with Crippen molar-refractivity contribution in [2.45, 2.75) is 13.0 Å². The zero-order valence-electron chi connectivity index (χ0n) is 15.6. The Hall–Kier alpha value is -3.20. The number of carbonyl (C=O) groups excluding carboxylic acids is 1. The molecule has 2 aromatic rings. The van der Waals surface area contributed by atoms with E-state index in [4.69, 9.17) is 14.7 Å². The van der Waals surface area contributed by atoms with Crippen LogP contribution in [0.3, 0.4) is 0 Å². The molecule has 27 heavy (non-hydrogen) atoms. The van der Waals surface area contributed by atoms with Crippen LogP contribution in [0.5, 0.6) is 11.5 Å². The molecule has 6 heteroatoms. The maximum atomic E-state index is 12.7. The van der Waals surface area contributed by atoms with E-state index < -0.39 is 6.10 Å². The van der Waals surface area contributed by atoms with Crippen LogP contribution in [0.2, 0.25) is 0 Å². The summed E-state index contributed by atoms with van der Waals surface area (Å²) in [5.41, 5.74) is 1.67. The largest absolute Gasteiger partial charge is 0.497 e. The number of hydrogen-bond acceptors (Lipinski definition) is 5. The highest BCUT2D eigenvalue weighted by molar-refractivity contribution is 5.81. The SMILES string of the molecule is COc1cccc(N2CCN(C(=O)[C@H](C)Oc3ccc(C#N)cc3)CC2)c1. The molecule has 1 fully saturated rings. The minimum absolute atomic E-state index is 0.0235. The van der Waals surface area contributed by atoms with Crippen molar-refractivity contribution in [1.82, 2.24) is 4.90 Å². The van der Waals surface area contributed by atoms with Gasteiger partial charge in [0.1, 0.15) is 11.5 Å². The molecule has 0 spiro atoms. The summed E-state index contributed by atoms with van der Waals surface area (Å²) in [5, 5.41) is 8.84. The van der Waals surface area contributed by atoms with E-state index in [9.17, 15) is 4.79 Å². The van der Waals surface area contributed by atoms with Gasteiger partial charge in [-0.05, 0) is 43.3 Å². The van der Waals surface area contributed by atoms with Crippen molar-refractivity contribution in [2.24, 2.45) is 0 Å². The second-order valence-electron chi connectivity index (χ2n) is 6.41. The number of amides is 1. The Kier molecular flexibility index (Phi) is 5.82. The van der Waals surface area contributed by atoms with Crippen LogP contribution in [0.4, 0.5) is 5.69 Å². The van der Waals surface area contributed by atoms with Gasteiger partial charge in [-0.15, -0.1) is 0 Å². The first-order valence-electron chi connectivity index (χ1n) is 8.95. The number of rotatable bonds is 5. The lowest BCUT2D eigenvalue weighted by Gasteiger charge is -2.37. The maximum absolute atomic E-state index is 12.7. The van der Waals surface area contributed by atoms with E-state index in [1.807, 2.05) is 23.1 Å². The number of nitrogens with zero attached hydrogens (tertiary/aromatic N) is 3. The maximum Gasteiger partial charge on any atom is 0.263 e. The van der Waals surface area contributed by atoms with E-state index in [0.717, 1.165) is 24.5 Å². The van der Waals surface area contributed by atoms with Crippen molar-refractivity contribution in [3.63, 3.8) is 0 Å². The fourth-order valence-electron chi connectivity index (χ4n) is 3.11. The summed E-state index contributed by atoms with van der Waals surface area (Å²) in [4.78, 5) is 16.8. The highest BCUT2D eigenvalue weighted by Gasteiger charge is 2.26. The lowest BCUT2D eigenvalue weighted by molar-refractivity contribution is -0.138. The molecule has 0 unspecified atom stereocenters. The Bertz CT molecular complexity index is 821. The number of methoxy groups -OCH3 is 1. The molecular weight excluding hydrogens is 342 g/mol. The summed E-state index contributed by atoms with van der Waals surface area (Å²) in [5.74, 6) is 1.39.